The lowest BCUT2D eigenvalue weighted by Crippen LogP contribution is -2.19. The van der Waals surface area contributed by atoms with Gasteiger partial charge in [0.15, 0.2) is 9.84 Å². The van der Waals surface area contributed by atoms with E-state index in [9.17, 15) is 13.2 Å². The Balaban J connectivity index is 1.91. The van der Waals surface area contributed by atoms with Gasteiger partial charge < -0.3 is 4.57 Å². The molecular weight excluding hydrogens is 350 g/mol. The Morgan fingerprint density at radius 2 is 1.69 bits per heavy atom. The van der Waals surface area contributed by atoms with Crippen LogP contribution in [0.15, 0.2) is 64.7 Å². The maximum Gasteiger partial charge on any atom is 0.250 e. The molecule has 0 radical (unpaired) electrons. The lowest BCUT2D eigenvalue weighted by molar-refractivity contribution is 0.597. The van der Waals surface area contributed by atoms with E-state index in [2.05, 4.69) is 5.10 Å². The molecule has 0 saturated heterocycles. The zero-order valence-electron chi connectivity index (χ0n) is 14.8. The number of pyridine rings is 1. The van der Waals surface area contributed by atoms with Gasteiger partial charge in [0.1, 0.15) is 0 Å². The van der Waals surface area contributed by atoms with Crippen LogP contribution in [-0.2, 0) is 16.4 Å². The van der Waals surface area contributed by atoms with Gasteiger partial charge in [-0.05, 0) is 30.2 Å². The first kappa shape index (κ1) is 18.1. The van der Waals surface area contributed by atoms with Crippen LogP contribution in [0.5, 0.6) is 0 Å². The van der Waals surface area contributed by atoms with Crippen molar-refractivity contribution in [2.75, 3.05) is 5.75 Å². The van der Waals surface area contributed by atoms with Crippen molar-refractivity contribution in [2.24, 2.45) is 0 Å². The highest BCUT2D eigenvalue weighted by Crippen LogP contribution is 2.22. The second kappa shape index (κ2) is 7.29. The standard InChI is InChI=1S/C19H21N3O3S/c1-3-11-21-14-17(7-10-19(21)23)22-13-16(12-20-22)15-5-8-18(9-6-15)26(24,25)4-2/h5-10,12-14H,3-4,11H2,1-2H3. The van der Waals surface area contributed by atoms with Crippen LogP contribution in [0.1, 0.15) is 20.3 Å². The molecule has 0 saturated carbocycles. The highest BCUT2D eigenvalue weighted by molar-refractivity contribution is 7.91. The lowest BCUT2D eigenvalue weighted by atomic mass is 10.1. The van der Waals surface area contributed by atoms with Crippen molar-refractivity contribution in [3.8, 4) is 16.8 Å². The van der Waals surface area contributed by atoms with Gasteiger partial charge >= 0.3 is 0 Å². The van der Waals surface area contributed by atoms with Crippen LogP contribution in [0.3, 0.4) is 0 Å². The zero-order valence-corrected chi connectivity index (χ0v) is 15.6. The second-order valence-corrected chi connectivity index (χ2v) is 8.30. The van der Waals surface area contributed by atoms with Crippen molar-refractivity contribution in [2.45, 2.75) is 31.7 Å². The fourth-order valence-electron chi connectivity index (χ4n) is 2.70. The Labute approximate surface area is 152 Å². The van der Waals surface area contributed by atoms with Gasteiger partial charge in [0.2, 0.25) is 0 Å². The third-order valence-corrected chi connectivity index (χ3v) is 5.96. The van der Waals surface area contributed by atoms with E-state index in [1.54, 1.807) is 58.9 Å². The van der Waals surface area contributed by atoms with E-state index < -0.39 is 9.84 Å². The van der Waals surface area contributed by atoms with Gasteiger partial charge in [0.05, 0.1) is 22.5 Å². The van der Waals surface area contributed by atoms with Crippen molar-refractivity contribution >= 4 is 9.84 Å². The predicted octanol–water partition coefficient (Wildman–Crippen LogP) is 2.90. The van der Waals surface area contributed by atoms with Crippen LogP contribution in [0.25, 0.3) is 16.8 Å². The molecule has 0 fully saturated rings. The van der Waals surface area contributed by atoms with Crippen LogP contribution < -0.4 is 5.56 Å². The average Bonchev–Trinajstić information content (AvgIpc) is 3.14. The molecule has 0 atom stereocenters. The summed E-state index contributed by atoms with van der Waals surface area (Å²) < 4.78 is 27.2. The first-order valence-electron chi connectivity index (χ1n) is 8.53. The molecular formula is C19H21N3O3S. The Morgan fingerprint density at radius 3 is 2.35 bits per heavy atom. The Morgan fingerprint density at radius 1 is 0.962 bits per heavy atom. The molecule has 2 heterocycles. The first-order chi connectivity index (χ1) is 12.4. The molecule has 3 rings (SSSR count). The highest BCUT2D eigenvalue weighted by atomic mass is 32.2. The minimum Gasteiger partial charge on any atom is -0.313 e. The number of benzene rings is 1. The number of hydrogen-bond donors (Lipinski definition) is 0. The van der Waals surface area contributed by atoms with Gasteiger partial charge in [-0.25, -0.2) is 13.1 Å². The SMILES string of the molecule is CCCn1cc(-n2cc(-c3ccc(S(=O)(=O)CC)cc3)cn2)ccc1=O. The number of nitrogens with zero attached hydrogens (tertiary/aromatic N) is 3. The van der Waals surface area contributed by atoms with E-state index in [1.165, 1.54) is 6.07 Å². The third-order valence-electron chi connectivity index (χ3n) is 4.21. The summed E-state index contributed by atoms with van der Waals surface area (Å²) in [6.07, 6.45) is 6.25. The molecule has 0 unspecified atom stereocenters. The van der Waals surface area contributed by atoms with E-state index in [0.717, 1.165) is 23.2 Å². The van der Waals surface area contributed by atoms with Gasteiger partial charge in [0, 0.05) is 30.6 Å². The van der Waals surface area contributed by atoms with E-state index in [-0.39, 0.29) is 11.3 Å². The molecule has 0 aliphatic rings. The normalized spacial score (nSPS) is 11.6. The van der Waals surface area contributed by atoms with Crippen LogP contribution in [0.2, 0.25) is 0 Å². The summed E-state index contributed by atoms with van der Waals surface area (Å²) in [7, 11) is -3.20. The van der Waals surface area contributed by atoms with Gasteiger partial charge in [-0.3, -0.25) is 4.79 Å². The molecule has 136 valence electrons. The molecule has 0 spiro atoms. The van der Waals surface area contributed by atoms with Crippen LogP contribution in [0.4, 0.5) is 0 Å². The van der Waals surface area contributed by atoms with Gasteiger partial charge in [-0.15, -0.1) is 0 Å². The summed E-state index contributed by atoms with van der Waals surface area (Å²) in [5, 5.41) is 4.36. The predicted molar refractivity (Wildman–Crippen MR) is 101 cm³/mol. The van der Waals surface area contributed by atoms with Crippen molar-refractivity contribution in [3.05, 3.63) is 65.3 Å². The lowest BCUT2D eigenvalue weighted by Gasteiger charge is -2.07. The molecule has 7 heteroatoms. The Bertz CT molecular complexity index is 1060. The summed E-state index contributed by atoms with van der Waals surface area (Å²) in [6.45, 7) is 4.31. The molecule has 2 aromatic heterocycles. The number of aryl methyl sites for hydroxylation is 1. The monoisotopic (exact) mass is 371 g/mol. The quantitative estimate of drug-likeness (QED) is 0.668. The van der Waals surface area contributed by atoms with Gasteiger partial charge in [-0.2, -0.15) is 5.10 Å². The third kappa shape index (κ3) is 3.62. The second-order valence-electron chi connectivity index (χ2n) is 6.02. The Hall–Kier alpha value is -2.67. The van der Waals surface area contributed by atoms with Crippen LogP contribution in [0, 0.1) is 0 Å². The van der Waals surface area contributed by atoms with Crippen molar-refractivity contribution in [1.29, 1.82) is 0 Å². The van der Waals surface area contributed by atoms with Crippen molar-refractivity contribution in [3.63, 3.8) is 0 Å². The number of rotatable bonds is 6. The smallest absolute Gasteiger partial charge is 0.250 e. The highest BCUT2D eigenvalue weighted by Gasteiger charge is 2.12. The van der Waals surface area contributed by atoms with E-state index in [4.69, 9.17) is 0 Å². The van der Waals surface area contributed by atoms with Crippen LogP contribution >= 0.6 is 0 Å². The summed E-state index contributed by atoms with van der Waals surface area (Å²) in [4.78, 5) is 12.2. The average molecular weight is 371 g/mol. The topological polar surface area (TPSA) is 74.0 Å². The van der Waals surface area contributed by atoms with Crippen molar-refractivity contribution in [1.82, 2.24) is 14.3 Å². The Kier molecular flexibility index (Phi) is 5.08. The van der Waals surface area contributed by atoms with E-state index in [0.29, 0.717) is 11.4 Å². The van der Waals surface area contributed by atoms with Crippen molar-refractivity contribution < 1.29 is 8.42 Å². The zero-order chi connectivity index (χ0) is 18.7. The van der Waals surface area contributed by atoms with E-state index in [1.807, 2.05) is 13.1 Å². The number of sulfone groups is 1. The fourth-order valence-corrected chi connectivity index (χ4v) is 3.59. The maximum atomic E-state index is 11.9. The van der Waals surface area contributed by atoms with Gasteiger partial charge in [-0.1, -0.05) is 26.0 Å². The molecule has 0 N–H and O–H groups in total. The molecule has 0 bridgehead atoms. The molecule has 0 aliphatic carbocycles. The molecule has 6 nitrogen and oxygen atoms in total. The number of aromatic nitrogens is 3. The maximum absolute atomic E-state index is 11.9. The molecule has 0 aliphatic heterocycles. The summed E-state index contributed by atoms with van der Waals surface area (Å²) in [6, 6.07) is 10.1. The number of hydrogen-bond acceptors (Lipinski definition) is 4. The van der Waals surface area contributed by atoms with E-state index >= 15 is 0 Å². The summed E-state index contributed by atoms with van der Waals surface area (Å²) in [5.41, 5.74) is 2.53. The summed E-state index contributed by atoms with van der Waals surface area (Å²) >= 11 is 0. The molecule has 0 amide bonds. The largest absolute Gasteiger partial charge is 0.313 e. The molecule has 1 aromatic carbocycles. The first-order valence-corrected chi connectivity index (χ1v) is 10.2. The minimum atomic E-state index is -3.20. The van der Waals surface area contributed by atoms with Crippen LogP contribution in [-0.4, -0.2) is 28.5 Å². The molecule has 3 aromatic rings. The minimum absolute atomic E-state index is 0.0318. The molecule has 26 heavy (non-hydrogen) atoms. The summed E-state index contributed by atoms with van der Waals surface area (Å²) in [5.74, 6) is 0.0811. The fraction of sp³-hybridized carbons (Fsp3) is 0.263. The van der Waals surface area contributed by atoms with Gasteiger partial charge in [0.25, 0.3) is 5.56 Å².